The molecule has 0 spiro atoms. The Hall–Kier alpha value is -2.08. The minimum absolute atomic E-state index is 0.118. The molecule has 1 aromatic carbocycles. The lowest BCUT2D eigenvalue weighted by Gasteiger charge is -2.24. The van der Waals surface area contributed by atoms with Crippen molar-refractivity contribution in [2.75, 3.05) is 13.6 Å². The summed E-state index contributed by atoms with van der Waals surface area (Å²) in [5, 5.41) is 9.11. The first kappa shape index (κ1) is 16.0. The molecule has 0 heterocycles. The van der Waals surface area contributed by atoms with Crippen LogP contribution in [-0.2, 0) is 16.1 Å². The number of amides is 1. The van der Waals surface area contributed by atoms with Crippen LogP contribution in [-0.4, -0.2) is 41.7 Å². The second-order valence-corrected chi connectivity index (χ2v) is 4.44. The van der Waals surface area contributed by atoms with Crippen LogP contribution in [0, 0.1) is 0 Å². The van der Waals surface area contributed by atoms with E-state index in [1.54, 1.807) is 0 Å². The summed E-state index contributed by atoms with van der Waals surface area (Å²) in [6.07, 6.45) is 0.189. The number of carbonyl (C=O) groups is 2. The van der Waals surface area contributed by atoms with Crippen molar-refractivity contribution in [2.45, 2.75) is 25.5 Å². The van der Waals surface area contributed by atoms with E-state index in [0.29, 0.717) is 19.4 Å². The molecular weight excluding hydrogens is 260 g/mol. The lowest BCUT2D eigenvalue weighted by atomic mass is 10.1. The molecule has 0 saturated heterocycles. The third-order valence-corrected chi connectivity index (χ3v) is 2.93. The van der Waals surface area contributed by atoms with Gasteiger partial charge in [0.05, 0.1) is 0 Å². The fourth-order valence-electron chi connectivity index (χ4n) is 1.74. The highest BCUT2D eigenvalue weighted by Gasteiger charge is 2.26. The van der Waals surface area contributed by atoms with E-state index < -0.39 is 18.1 Å². The van der Waals surface area contributed by atoms with Gasteiger partial charge in [-0.1, -0.05) is 30.3 Å². The SMILES string of the molecule is CN(C(=O)OCc1ccccc1)[C@@H](CCCN)C(=O)O. The number of nitrogens with two attached hydrogens (primary N) is 1. The highest BCUT2D eigenvalue weighted by molar-refractivity contribution is 5.79. The molecule has 20 heavy (non-hydrogen) atoms. The van der Waals surface area contributed by atoms with Gasteiger partial charge < -0.3 is 15.6 Å². The Balaban J connectivity index is 2.53. The third-order valence-electron chi connectivity index (χ3n) is 2.93. The summed E-state index contributed by atoms with van der Waals surface area (Å²) in [5.41, 5.74) is 6.21. The number of aliphatic carboxylic acids is 1. The van der Waals surface area contributed by atoms with Gasteiger partial charge >= 0.3 is 12.1 Å². The summed E-state index contributed by atoms with van der Waals surface area (Å²) in [4.78, 5) is 24.1. The number of rotatable bonds is 7. The molecular formula is C14H20N2O4. The fourth-order valence-corrected chi connectivity index (χ4v) is 1.74. The number of ether oxygens (including phenoxy) is 1. The Kier molecular flexibility index (Phi) is 6.52. The molecule has 0 aliphatic rings. The van der Waals surface area contributed by atoms with Crippen LogP contribution >= 0.6 is 0 Å². The number of likely N-dealkylation sites (N-methyl/N-ethyl adjacent to an activating group) is 1. The molecule has 0 aliphatic heterocycles. The summed E-state index contributed by atoms with van der Waals surface area (Å²) >= 11 is 0. The van der Waals surface area contributed by atoms with E-state index >= 15 is 0 Å². The van der Waals surface area contributed by atoms with Crippen LogP contribution in [0.3, 0.4) is 0 Å². The van der Waals surface area contributed by atoms with Gasteiger partial charge in [0.15, 0.2) is 0 Å². The number of carboxylic acids is 1. The van der Waals surface area contributed by atoms with Gasteiger partial charge in [-0.05, 0) is 24.9 Å². The molecule has 0 aliphatic carbocycles. The van der Waals surface area contributed by atoms with Crippen LogP contribution in [0.4, 0.5) is 4.79 Å². The number of carboxylic acid groups (broad SMARTS) is 1. The highest BCUT2D eigenvalue weighted by atomic mass is 16.6. The van der Waals surface area contributed by atoms with Crippen molar-refractivity contribution in [3.8, 4) is 0 Å². The zero-order chi connectivity index (χ0) is 15.0. The fraction of sp³-hybridized carbons (Fsp3) is 0.429. The predicted molar refractivity (Wildman–Crippen MR) is 74.1 cm³/mol. The van der Waals surface area contributed by atoms with Gasteiger partial charge in [0.25, 0.3) is 0 Å². The van der Waals surface area contributed by atoms with Gasteiger partial charge in [0.1, 0.15) is 12.6 Å². The van der Waals surface area contributed by atoms with E-state index in [4.69, 9.17) is 15.6 Å². The summed E-state index contributed by atoms with van der Waals surface area (Å²) < 4.78 is 5.09. The highest BCUT2D eigenvalue weighted by Crippen LogP contribution is 2.09. The monoisotopic (exact) mass is 280 g/mol. The Bertz CT molecular complexity index is 436. The van der Waals surface area contributed by atoms with Crippen molar-refractivity contribution in [2.24, 2.45) is 5.73 Å². The number of hydrogen-bond donors (Lipinski definition) is 2. The zero-order valence-electron chi connectivity index (χ0n) is 11.5. The smallest absolute Gasteiger partial charge is 0.410 e. The third kappa shape index (κ3) is 4.89. The average molecular weight is 280 g/mol. The minimum Gasteiger partial charge on any atom is -0.480 e. The molecule has 3 N–H and O–H groups in total. The molecule has 1 atom stereocenters. The number of carbonyl (C=O) groups excluding carboxylic acids is 1. The van der Waals surface area contributed by atoms with Crippen molar-refractivity contribution < 1.29 is 19.4 Å². The molecule has 0 aromatic heterocycles. The Morgan fingerprint density at radius 3 is 2.55 bits per heavy atom. The molecule has 0 bridgehead atoms. The first-order valence-electron chi connectivity index (χ1n) is 6.42. The molecule has 1 rings (SSSR count). The van der Waals surface area contributed by atoms with Crippen molar-refractivity contribution in [3.63, 3.8) is 0 Å². The lowest BCUT2D eigenvalue weighted by Crippen LogP contribution is -2.42. The van der Waals surface area contributed by atoms with Crippen LogP contribution in [0.25, 0.3) is 0 Å². The van der Waals surface area contributed by atoms with Gasteiger partial charge in [-0.3, -0.25) is 4.90 Å². The van der Waals surface area contributed by atoms with Crippen LogP contribution in [0.15, 0.2) is 30.3 Å². The molecule has 6 heteroatoms. The lowest BCUT2D eigenvalue weighted by molar-refractivity contribution is -0.142. The van der Waals surface area contributed by atoms with Crippen LogP contribution in [0.1, 0.15) is 18.4 Å². The van der Waals surface area contributed by atoms with Crippen LogP contribution < -0.4 is 5.73 Å². The molecule has 6 nitrogen and oxygen atoms in total. The number of benzene rings is 1. The van der Waals surface area contributed by atoms with Gasteiger partial charge in [-0.15, -0.1) is 0 Å². The van der Waals surface area contributed by atoms with E-state index in [1.807, 2.05) is 30.3 Å². The van der Waals surface area contributed by atoms with E-state index in [1.165, 1.54) is 7.05 Å². The molecule has 0 unspecified atom stereocenters. The molecule has 0 radical (unpaired) electrons. The Morgan fingerprint density at radius 2 is 2.00 bits per heavy atom. The van der Waals surface area contributed by atoms with Gasteiger partial charge in [0.2, 0.25) is 0 Å². The van der Waals surface area contributed by atoms with Crippen molar-refractivity contribution in [3.05, 3.63) is 35.9 Å². The van der Waals surface area contributed by atoms with Crippen molar-refractivity contribution >= 4 is 12.1 Å². The molecule has 1 aromatic rings. The van der Waals surface area contributed by atoms with Crippen LogP contribution in [0.5, 0.6) is 0 Å². The predicted octanol–water partition coefficient (Wildman–Crippen LogP) is 1.45. The standard InChI is InChI=1S/C14H20N2O4/c1-16(12(13(17)18)8-5-9-15)14(19)20-10-11-6-3-2-4-7-11/h2-4,6-7,12H,5,8-10,15H2,1H3,(H,17,18)/t12-/m0/s1. The topological polar surface area (TPSA) is 92.9 Å². The maximum Gasteiger partial charge on any atom is 0.410 e. The largest absolute Gasteiger partial charge is 0.480 e. The van der Waals surface area contributed by atoms with E-state index in [9.17, 15) is 9.59 Å². The zero-order valence-corrected chi connectivity index (χ0v) is 11.5. The number of hydrogen-bond acceptors (Lipinski definition) is 4. The maximum absolute atomic E-state index is 11.8. The summed E-state index contributed by atoms with van der Waals surface area (Å²) in [6, 6.07) is 8.29. The first-order chi connectivity index (χ1) is 9.56. The Morgan fingerprint density at radius 1 is 1.35 bits per heavy atom. The molecule has 110 valence electrons. The first-order valence-corrected chi connectivity index (χ1v) is 6.42. The maximum atomic E-state index is 11.8. The van der Waals surface area contributed by atoms with Gasteiger partial charge in [-0.2, -0.15) is 0 Å². The second kappa shape index (κ2) is 8.16. The quantitative estimate of drug-likeness (QED) is 0.788. The van der Waals surface area contributed by atoms with Crippen molar-refractivity contribution in [1.82, 2.24) is 4.90 Å². The molecule has 0 fully saturated rings. The van der Waals surface area contributed by atoms with Crippen molar-refractivity contribution in [1.29, 1.82) is 0 Å². The Labute approximate surface area is 118 Å². The summed E-state index contributed by atoms with van der Waals surface area (Å²) in [6.45, 7) is 0.504. The number of nitrogens with zero attached hydrogens (tertiary/aromatic N) is 1. The summed E-state index contributed by atoms with van der Waals surface area (Å²) in [5.74, 6) is -1.06. The second-order valence-electron chi connectivity index (χ2n) is 4.44. The van der Waals surface area contributed by atoms with E-state index in [0.717, 1.165) is 10.5 Å². The normalized spacial score (nSPS) is 11.7. The summed E-state index contributed by atoms with van der Waals surface area (Å²) in [7, 11) is 1.42. The van der Waals surface area contributed by atoms with E-state index in [-0.39, 0.29) is 6.61 Å². The van der Waals surface area contributed by atoms with Gasteiger partial charge in [0, 0.05) is 7.05 Å². The minimum atomic E-state index is -1.06. The van der Waals surface area contributed by atoms with E-state index in [2.05, 4.69) is 0 Å². The van der Waals surface area contributed by atoms with Gasteiger partial charge in [-0.25, -0.2) is 9.59 Å². The average Bonchev–Trinajstić information content (AvgIpc) is 2.45. The molecule has 0 saturated carbocycles. The van der Waals surface area contributed by atoms with Crippen LogP contribution in [0.2, 0.25) is 0 Å². The molecule has 1 amide bonds.